The number of aliphatic carboxylic acids is 1. The number of carboxylic acid groups (broad SMARTS) is 1. The van der Waals surface area contributed by atoms with Crippen molar-refractivity contribution in [2.24, 2.45) is 0 Å². The van der Waals surface area contributed by atoms with Crippen molar-refractivity contribution < 1.29 is 14.3 Å². The lowest BCUT2D eigenvalue weighted by Crippen LogP contribution is -2.31. The summed E-state index contributed by atoms with van der Waals surface area (Å²) >= 11 is 3.22. The summed E-state index contributed by atoms with van der Waals surface area (Å²) < 4.78 is 13.8. The molecule has 1 heterocycles. The molecule has 0 aliphatic carbocycles. The van der Waals surface area contributed by atoms with Crippen LogP contribution in [0.25, 0.3) is 0 Å². The standard InChI is InChI=1S/C11H11BrFNO2/c12-7-3-6(4-8(13)5-7)9-1-2-10(14-9)11(15)16/h3-5,9-10,14H,1-2H2,(H,15,16)/t9-,10-/m0/s1. The third-order valence-electron chi connectivity index (χ3n) is 2.73. The predicted octanol–water partition coefficient (Wildman–Crippen LogP) is 2.47. The van der Waals surface area contributed by atoms with Gasteiger partial charge in [-0.25, -0.2) is 4.39 Å². The molecule has 0 radical (unpaired) electrons. The molecular weight excluding hydrogens is 277 g/mol. The number of halogens is 2. The first-order valence-electron chi connectivity index (χ1n) is 5.01. The molecule has 2 atom stereocenters. The van der Waals surface area contributed by atoms with Crippen molar-refractivity contribution in [3.63, 3.8) is 0 Å². The number of benzene rings is 1. The van der Waals surface area contributed by atoms with Crippen LogP contribution in [0.2, 0.25) is 0 Å². The Morgan fingerprint density at radius 2 is 2.19 bits per heavy atom. The molecule has 3 nitrogen and oxygen atoms in total. The second-order valence-corrected chi connectivity index (χ2v) is 4.81. The van der Waals surface area contributed by atoms with Gasteiger partial charge in [-0.1, -0.05) is 15.9 Å². The largest absolute Gasteiger partial charge is 0.480 e. The van der Waals surface area contributed by atoms with Crippen molar-refractivity contribution in [2.45, 2.75) is 24.9 Å². The van der Waals surface area contributed by atoms with Gasteiger partial charge in [0, 0.05) is 10.5 Å². The van der Waals surface area contributed by atoms with E-state index in [1.807, 2.05) is 6.07 Å². The van der Waals surface area contributed by atoms with Crippen molar-refractivity contribution in [1.29, 1.82) is 0 Å². The zero-order valence-electron chi connectivity index (χ0n) is 8.41. The summed E-state index contributed by atoms with van der Waals surface area (Å²) in [6.45, 7) is 0. The van der Waals surface area contributed by atoms with Gasteiger partial charge in [0.05, 0.1) is 0 Å². The van der Waals surface area contributed by atoms with E-state index >= 15 is 0 Å². The molecule has 0 spiro atoms. The Morgan fingerprint density at radius 3 is 2.75 bits per heavy atom. The monoisotopic (exact) mass is 287 g/mol. The fourth-order valence-corrected chi connectivity index (χ4v) is 2.46. The maximum absolute atomic E-state index is 13.2. The Morgan fingerprint density at radius 1 is 1.44 bits per heavy atom. The minimum Gasteiger partial charge on any atom is -0.480 e. The summed E-state index contributed by atoms with van der Waals surface area (Å²) in [6.07, 6.45) is 1.29. The van der Waals surface area contributed by atoms with Crippen LogP contribution in [0.1, 0.15) is 24.4 Å². The third kappa shape index (κ3) is 2.41. The van der Waals surface area contributed by atoms with E-state index in [-0.39, 0.29) is 11.9 Å². The van der Waals surface area contributed by atoms with Crippen molar-refractivity contribution in [3.8, 4) is 0 Å². The molecular formula is C11H11BrFNO2. The van der Waals surface area contributed by atoms with Crippen LogP contribution in [-0.4, -0.2) is 17.1 Å². The van der Waals surface area contributed by atoms with E-state index in [9.17, 15) is 9.18 Å². The number of carboxylic acids is 1. The lowest BCUT2D eigenvalue weighted by atomic mass is 10.1. The Balaban J connectivity index is 2.17. The Labute approximate surface area is 101 Å². The topological polar surface area (TPSA) is 49.3 Å². The van der Waals surface area contributed by atoms with Gasteiger partial charge in [-0.2, -0.15) is 0 Å². The number of hydrogen-bond acceptors (Lipinski definition) is 2. The van der Waals surface area contributed by atoms with E-state index in [2.05, 4.69) is 21.2 Å². The number of carbonyl (C=O) groups is 1. The molecule has 0 aromatic heterocycles. The maximum atomic E-state index is 13.2. The van der Waals surface area contributed by atoms with Crippen molar-refractivity contribution >= 4 is 21.9 Å². The SMILES string of the molecule is O=C(O)[C@@H]1CC[C@@H](c2cc(F)cc(Br)c2)N1. The van der Waals surface area contributed by atoms with Gasteiger partial charge in [0.1, 0.15) is 11.9 Å². The average molecular weight is 288 g/mol. The molecule has 0 unspecified atom stereocenters. The van der Waals surface area contributed by atoms with Crippen LogP contribution in [-0.2, 0) is 4.79 Å². The number of rotatable bonds is 2. The number of hydrogen-bond donors (Lipinski definition) is 2. The molecule has 2 rings (SSSR count). The Bertz CT molecular complexity index is 404. The van der Waals surface area contributed by atoms with Gasteiger partial charge in [-0.05, 0) is 36.6 Å². The molecule has 0 saturated carbocycles. The summed E-state index contributed by atoms with van der Waals surface area (Å²) in [4.78, 5) is 10.8. The van der Waals surface area contributed by atoms with Crippen LogP contribution in [0, 0.1) is 5.82 Å². The van der Waals surface area contributed by atoms with Crippen molar-refractivity contribution in [2.75, 3.05) is 0 Å². The first-order valence-corrected chi connectivity index (χ1v) is 5.80. The summed E-state index contributed by atoms with van der Waals surface area (Å²) in [5, 5.41) is 11.8. The van der Waals surface area contributed by atoms with Crippen molar-refractivity contribution in [3.05, 3.63) is 34.1 Å². The molecule has 16 heavy (non-hydrogen) atoms. The highest BCUT2D eigenvalue weighted by molar-refractivity contribution is 9.10. The maximum Gasteiger partial charge on any atom is 0.320 e. The second-order valence-electron chi connectivity index (χ2n) is 3.89. The molecule has 1 aromatic rings. The van der Waals surface area contributed by atoms with Crippen LogP contribution in [0.4, 0.5) is 4.39 Å². The van der Waals surface area contributed by atoms with E-state index in [0.29, 0.717) is 17.3 Å². The summed E-state index contributed by atoms with van der Waals surface area (Å²) in [7, 11) is 0. The van der Waals surface area contributed by atoms with Gasteiger partial charge in [0.15, 0.2) is 0 Å². The molecule has 1 saturated heterocycles. The zero-order valence-corrected chi connectivity index (χ0v) is 10.00. The van der Waals surface area contributed by atoms with E-state index in [4.69, 9.17) is 5.11 Å². The van der Waals surface area contributed by atoms with Gasteiger partial charge >= 0.3 is 5.97 Å². The fraction of sp³-hybridized carbons (Fsp3) is 0.364. The minimum atomic E-state index is -0.849. The fourth-order valence-electron chi connectivity index (χ4n) is 1.98. The smallest absolute Gasteiger partial charge is 0.320 e. The molecule has 0 amide bonds. The Hall–Kier alpha value is -0.940. The molecule has 5 heteroatoms. The zero-order chi connectivity index (χ0) is 11.7. The highest BCUT2D eigenvalue weighted by Gasteiger charge is 2.29. The molecule has 2 N–H and O–H groups in total. The summed E-state index contributed by atoms with van der Waals surface area (Å²) in [5.74, 6) is -1.16. The van der Waals surface area contributed by atoms with Crippen molar-refractivity contribution in [1.82, 2.24) is 5.32 Å². The van der Waals surface area contributed by atoms with E-state index in [0.717, 1.165) is 5.56 Å². The van der Waals surface area contributed by atoms with Gasteiger partial charge in [0.2, 0.25) is 0 Å². The molecule has 1 aliphatic heterocycles. The van der Waals surface area contributed by atoms with Gasteiger partial charge in [0.25, 0.3) is 0 Å². The van der Waals surface area contributed by atoms with Crippen LogP contribution in [0.3, 0.4) is 0 Å². The minimum absolute atomic E-state index is 0.0758. The predicted molar refractivity (Wildman–Crippen MR) is 60.6 cm³/mol. The molecule has 1 aromatic carbocycles. The lowest BCUT2D eigenvalue weighted by molar-refractivity contribution is -0.139. The quantitative estimate of drug-likeness (QED) is 0.879. The van der Waals surface area contributed by atoms with E-state index in [1.54, 1.807) is 0 Å². The van der Waals surface area contributed by atoms with Gasteiger partial charge < -0.3 is 5.11 Å². The normalized spacial score (nSPS) is 24.6. The van der Waals surface area contributed by atoms with E-state index < -0.39 is 12.0 Å². The summed E-state index contributed by atoms with van der Waals surface area (Å²) in [6, 6.07) is 4.03. The van der Waals surface area contributed by atoms with Crippen LogP contribution in [0.5, 0.6) is 0 Å². The molecule has 1 aliphatic rings. The third-order valence-corrected chi connectivity index (χ3v) is 3.19. The average Bonchev–Trinajstić information content (AvgIpc) is 2.64. The molecule has 1 fully saturated rings. The van der Waals surface area contributed by atoms with Gasteiger partial charge in [-0.15, -0.1) is 0 Å². The first-order chi connectivity index (χ1) is 7.56. The van der Waals surface area contributed by atoms with Crippen LogP contribution >= 0.6 is 15.9 Å². The van der Waals surface area contributed by atoms with Gasteiger partial charge in [-0.3, -0.25) is 10.1 Å². The molecule has 0 bridgehead atoms. The Kier molecular flexibility index (Phi) is 3.25. The van der Waals surface area contributed by atoms with E-state index in [1.165, 1.54) is 12.1 Å². The number of nitrogens with one attached hydrogen (secondary N) is 1. The van der Waals surface area contributed by atoms with Crippen LogP contribution in [0.15, 0.2) is 22.7 Å². The lowest BCUT2D eigenvalue weighted by Gasteiger charge is -2.12. The van der Waals surface area contributed by atoms with Crippen LogP contribution < -0.4 is 5.32 Å². The highest BCUT2D eigenvalue weighted by atomic mass is 79.9. The summed E-state index contributed by atoms with van der Waals surface area (Å²) in [5.41, 5.74) is 0.788. The second kappa shape index (κ2) is 4.51. The highest BCUT2D eigenvalue weighted by Crippen LogP contribution is 2.29. The first kappa shape index (κ1) is 11.5. The molecule has 86 valence electrons.